The molecule has 4 N–H and O–H groups in total. The summed E-state index contributed by atoms with van der Waals surface area (Å²) in [6.45, 7) is 3.12. The molecule has 0 aromatic heterocycles. The lowest BCUT2D eigenvalue weighted by Gasteiger charge is -2.19. The van der Waals surface area contributed by atoms with Crippen LogP contribution in [0.25, 0.3) is 0 Å². The number of hydrogen-bond acceptors (Lipinski definition) is 7. The van der Waals surface area contributed by atoms with E-state index < -0.39 is 0 Å². The van der Waals surface area contributed by atoms with Gasteiger partial charge in [-0.05, 0) is 24.3 Å². The first-order valence-electron chi connectivity index (χ1n) is 7.85. The molecular weight excluding hydrogens is 423 g/mol. The van der Waals surface area contributed by atoms with Crippen molar-refractivity contribution in [3.8, 4) is 0 Å². The normalized spacial score (nSPS) is 13.2. The van der Waals surface area contributed by atoms with Crippen molar-refractivity contribution in [1.82, 2.24) is 10.2 Å². The molecule has 1 aromatic rings. The number of nitrogens with one attached hydrogen (secondary N) is 2. The SMILES string of the molecule is I.O=C(CCN(CCO)CCO)c1ccc(NC2=NCCN2)cc1. The van der Waals surface area contributed by atoms with Crippen LogP contribution in [0.2, 0.25) is 0 Å². The molecule has 8 heteroatoms. The van der Waals surface area contributed by atoms with E-state index in [0.29, 0.717) is 31.6 Å². The van der Waals surface area contributed by atoms with E-state index in [1.165, 1.54) is 0 Å². The number of hydrogen-bond donors (Lipinski definition) is 4. The van der Waals surface area contributed by atoms with E-state index in [2.05, 4.69) is 15.6 Å². The summed E-state index contributed by atoms with van der Waals surface area (Å²) in [7, 11) is 0. The number of carbonyl (C=O) groups excluding carboxylic acids is 1. The molecule has 0 saturated heterocycles. The average Bonchev–Trinajstić information content (AvgIpc) is 3.06. The molecule has 0 fully saturated rings. The zero-order valence-electron chi connectivity index (χ0n) is 13.6. The number of halogens is 1. The zero-order valence-corrected chi connectivity index (χ0v) is 15.9. The minimum absolute atomic E-state index is 0. The van der Waals surface area contributed by atoms with Gasteiger partial charge < -0.3 is 20.8 Å². The van der Waals surface area contributed by atoms with Crippen molar-refractivity contribution in [2.75, 3.05) is 51.3 Å². The zero-order chi connectivity index (χ0) is 16.5. The lowest BCUT2D eigenvalue weighted by molar-refractivity contribution is 0.0947. The predicted octanol–water partition coefficient (Wildman–Crippen LogP) is 0.535. The lowest BCUT2D eigenvalue weighted by Crippen LogP contribution is -2.31. The van der Waals surface area contributed by atoms with Gasteiger partial charge in [0.15, 0.2) is 11.7 Å². The van der Waals surface area contributed by atoms with E-state index in [0.717, 1.165) is 24.7 Å². The van der Waals surface area contributed by atoms with Crippen LogP contribution in [0.3, 0.4) is 0 Å². The molecule has 0 atom stereocenters. The number of rotatable bonds is 9. The third-order valence-corrected chi connectivity index (χ3v) is 3.63. The van der Waals surface area contributed by atoms with Gasteiger partial charge in [0, 0.05) is 43.9 Å². The molecule has 0 aliphatic carbocycles. The molecule has 0 saturated carbocycles. The third kappa shape index (κ3) is 6.71. The number of nitrogens with zero attached hydrogens (tertiary/aromatic N) is 2. The molecule has 0 amide bonds. The van der Waals surface area contributed by atoms with E-state index in [1.807, 2.05) is 17.0 Å². The Balaban J connectivity index is 0.00000288. The second-order valence-corrected chi connectivity index (χ2v) is 5.32. The first-order valence-corrected chi connectivity index (χ1v) is 7.85. The Morgan fingerprint density at radius 2 is 1.83 bits per heavy atom. The maximum absolute atomic E-state index is 12.2. The molecule has 1 aliphatic heterocycles. The highest BCUT2D eigenvalue weighted by Gasteiger charge is 2.10. The summed E-state index contributed by atoms with van der Waals surface area (Å²) in [5, 5.41) is 24.2. The second kappa shape index (κ2) is 11.3. The van der Waals surface area contributed by atoms with Gasteiger partial charge in [-0.2, -0.15) is 0 Å². The molecule has 134 valence electrons. The van der Waals surface area contributed by atoms with Gasteiger partial charge in [-0.1, -0.05) is 0 Å². The van der Waals surface area contributed by atoms with E-state index in [1.54, 1.807) is 12.1 Å². The molecule has 0 bridgehead atoms. The minimum Gasteiger partial charge on any atom is -0.395 e. The number of carbonyl (C=O) groups is 1. The van der Waals surface area contributed by atoms with Crippen molar-refractivity contribution in [2.45, 2.75) is 6.42 Å². The summed E-state index contributed by atoms with van der Waals surface area (Å²) in [6.07, 6.45) is 0.362. The van der Waals surface area contributed by atoms with Crippen LogP contribution in [0.15, 0.2) is 29.3 Å². The van der Waals surface area contributed by atoms with Crippen LogP contribution < -0.4 is 10.6 Å². The minimum atomic E-state index is 0. The highest BCUT2D eigenvalue weighted by molar-refractivity contribution is 14.0. The maximum atomic E-state index is 12.2. The van der Waals surface area contributed by atoms with Crippen LogP contribution >= 0.6 is 24.0 Å². The molecule has 24 heavy (non-hydrogen) atoms. The molecule has 0 spiro atoms. The first kappa shape index (κ1) is 20.8. The fraction of sp³-hybridized carbons (Fsp3) is 0.500. The summed E-state index contributed by atoms with van der Waals surface area (Å²) in [5.74, 6) is 0.807. The fourth-order valence-corrected chi connectivity index (χ4v) is 2.38. The van der Waals surface area contributed by atoms with Crippen LogP contribution in [0.5, 0.6) is 0 Å². The number of guanidine groups is 1. The van der Waals surface area contributed by atoms with E-state index in [-0.39, 0.29) is 43.0 Å². The Bertz CT molecular complexity index is 531. The number of aliphatic hydroxyl groups is 2. The number of aliphatic hydroxyl groups excluding tert-OH is 2. The van der Waals surface area contributed by atoms with Gasteiger partial charge in [0.2, 0.25) is 0 Å². The van der Waals surface area contributed by atoms with Crippen molar-refractivity contribution >= 4 is 41.4 Å². The molecule has 1 heterocycles. The Hall–Kier alpha value is -1.23. The largest absolute Gasteiger partial charge is 0.395 e. The van der Waals surface area contributed by atoms with Gasteiger partial charge in [0.1, 0.15) is 0 Å². The van der Waals surface area contributed by atoms with Crippen LogP contribution in [0.1, 0.15) is 16.8 Å². The molecule has 1 aliphatic rings. The van der Waals surface area contributed by atoms with Crippen LogP contribution in [-0.2, 0) is 0 Å². The number of Topliss-reactive ketones (excluding diaryl/α,β-unsaturated/α-hetero) is 1. The molecule has 0 radical (unpaired) electrons. The Morgan fingerprint density at radius 1 is 1.17 bits per heavy atom. The van der Waals surface area contributed by atoms with Gasteiger partial charge in [0.25, 0.3) is 0 Å². The quantitative estimate of drug-likeness (QED) is 0.325. The van der Waals surface area contributed by atoms with Crippen LogP contribution in [0, 0.1) is 0 Å². The van der Waals surface area contributed by atoms with Gasteiger partial charge in [0.05, 0.1) is 19.8 Å². The lowest BCUT2D eigenvalue weighted by atomic mass is 10.1. The van der Waals surface area contributed by atoms with Gasteiger partial charge in [-0.25, -0.2) is 0 Å². The summed E-state index contributed by atoms with van der Waals surface area (Å²) in [5.41, 5.74) is 1.54. The van der Waals surface area contributed by atoms with Crippen molar-refractivity contribution in [1.29, 1.82) is 0 Å². The monoisotopic (exact) mass is 448 g/mol. The molecular formula is C16H25IN4O3. The molecule has 2 rings (SSSR count). The molecule has 7 nitrogen and oxygen atoms in total. The van der Waals surface area contributed by atoms with E-state index in [4.69, 9.17) is 10.2 Å². The Morgan fingerprint density at radius 3 is 2.38 bits per heavy atom. The summed E-state index contributed by atoms with van der Waals surface area (Å²) in [4.78, 5) is 18.3. The van der Waals surface area contributed by atoms with Crippen molar-refractivity contribution in [3.63, 3.8) is 0 Å². The van der Waals surface area contributed by atoms with Crippen molar-refractivity contribution < 1.29 is 15.0 Å². The summed E-state index contributed by atoms with van der Waals surface area (Å²) in [6, 6.07) is 7.30. The summed E-state index contributed by atoms with van der Waals surface area (Å²) >= 11 is 0. The van der Waals surface area contributed by atoms with Crippen molar-refractivity contribution in [2.24, 2.45) is 4.99 Å². The number of ketones is 1. The Labute approximate surface area is 159 Å². The first-order chi connectivity index (χ1) is 11.2. The smallest absolute Gasteiger partial charge is 0.195 e. The van der Waals surface area contributed by atoms with Gasteiger partial charge in [-0.15, -0.1) is 24.0 Å². The van der Waals surface area contributed by atoms with Crippen LogP contribution in [-0.4, -0.2) is 72.8 Å². The fourth-order valence-electron chi connectivity index (χ4n) is 2.38. The topological polar surface area (TPSA) is 97.2 Å². The molecule has 1 aromatic carbocycles. The molecule has 0 unspecified atom stereocenters. The third-order valence-electron chi connectivity index (χ3n) is 3.63. The number of anilines is 1. The summed E-state index contributed by atoms with van der Waals surface area (Å²) < 4.78 is 0. The Kier molecular flexibility index (Phi) is 9.84. The van der Waals surface area contributed by atoms with Crippen molar-refractivity contribution in [3.05, 3.63) is 29.8 Å². The number of benzene rings is 1. The number of aliphatic imine (C=N–C) groups is 1. The van der Waals surface area contributed by atoms with E-state index in [9.17, 15) is 4.79 Å². The van der Waals surface area contributed by atoms with Gasteiger partial charge >= 0.3 is 0 Å². The van der Waals surface area contributed by atoms with Crippen LogP contribution in [0.4, 0.5) is 5.69 Å². The van der Waals surface area contributed by atoms with Gasteiger partial charge in [-0.3, -0.25) is 14.7 Å². The second-order valence-electron chi connectivity index (χ2n) is 5.32. The average molecular weight is 448 g/mol. The predicted molar refractivity (Wildman–Crippen MR) is 105 cm³/mol. The maximum Gasteiger partial charge on any atom is 0.195 e. The van der Waals surface area contributed by atoms with E-state index >= 15 is 0 Å². The highest BCUT2D eigenvalue weighted by Crippen LogP contribution is 2.12. The standard InChI is InChI=1S/C16H24N4O3.HI/c21-11-9-20(10-12-22)8-5-15(23)13-1-3-14(4-2-13)19-16-17-6-7-18-16;/h1-4,21-22H,5-12H2,(H2,17,18,19);1H. The highest BCUT2D eigenvalue weighted by atomic mass is 127.